The summed E-state index contributed by atoms with van der Waals surface area (Å²) in [5.74, 6) is 3.96. The van der Waals surface area contributed by atoms with Crippen molar-refractivity contribution < 1.29 is 18.9 Å². The number of nitrogens with one attached hydrogen (secondary N) is 2. The van der Waals surface area contributed by atoms with E-state index in [1.54, 1.807) is 28.4 Å². The van der Waals surface area contributed by atoms with Crippen LogP contribution in [-0.4, -0.2) is 68.3 Å². The number of fused-ring (bicyclic) bond motifs is 20. The van der Waals surface area contributed by atoms with Gasteiger partial charge in [-0.1, -0.05) is 0 Å². The molecule has 9 rings (SSSR count). The topological polar surface area (TPSA) is 146 Å². The van der Waals surface area contributed by atoms with Gasteiger partial charge in [-0.15, -0.1) is 0 Å². The van der Waals surface area contributed by atoms with Crippen molar-refractivity contribution in [3.63, 3.8) is 0 Å². The zero-order valence-electron chi connectivity index (χ0n) is 27.4. The molecule has 5 heterocycles. The summed E-state index contributed by atoms with van der Waals surface area (Å²) in [7, 11) is 6.38. The van der Waals surface area contributed by atoms with Crippen LogP contribution in [0.4, 0.5) is 0 Å². The van der Waals surface area contributed by atoms with Gasteiger partial charge >= 0.3 is 0 Å². The number of aromatic nitrogens is 8. The highest BCUT2D eigenvalue weighted by molar-refractivity contribution is 9.13. The van der Waals surface area contributed by atoms with Gasteiger partial charge in [-0.05, 0) is 112 Å². The molecule has 8 bridgehead atoms. The molecule has 0 radical (unpaired) electrons. The Morgan fingerprint density at radius 1 is 0.365 bits per heavy atom. The number of methoxy groups -OCH3 is 4. The van der Waals surface area contributed by atoms with Crippen LogP contribution in [0.2, 0.25) is 0 Å². The fraction of sp³-hybridized carbons (Fsp3) is 0.111. The Labute approximate surface area is 327 Å². The van der Waals surface area contributed by atoms with E-state index in [2.05, 4.69) is 73.7 Å². The quantitative estimate of drug-likeness (QED) is 0.175. The molecule has 2 N–H and O–H groups in total. The summed E-state index contributed by atoms with van der Waals surface area (Å²) in [4.78, 5) is 37.3. The molecule has 0 unspecified atom stereocenters. The maximum absolute atomic E-state index is 5.69. The third kappa shape index (κ3) is 5.17. The van der Waals surface area contributed by atoms with Crippen LogP contribution >= 0.6 is 63.7 Å². The van der Waals surface area contributed by atoms with Crippen molar-refractivity contribution in [2.75, 3.05) is 28.4 Å². The van der Waals surface area contributed by atoms with Crippen LogP contribution in [0.1, 0.15) is 0 Å². The molecule has 0 aliphatic carbocycles. The fourth-order valence-electron chi connectivity index (χ4n) is 6.43. The Balaban J connectivity index is 1.51. The molecule has 0 fully saturated rings. The minimum Gasteiger partial charge on any atom is -0.493 e. The van der Waals surface area contributed by atoms with E-state index in [-0.39, 0.29) is 0 Å². The standard InChI is InChI=1S/C36H22Br4N8O4/c1-49-25-9-17-18(10-26(25)50-2)34-44-30-15-7-23(39)24(40)8-16(15)32(42-30)46-36-20-12-28(52-4)27(51-3)11-19(20)35(48-36)45-31-14-6-22(38)21(37)5-13(14)29(41-31)43-33(17)47-34/h5-12H,1-4H3,(H2,41,42,43,44,45,46,47,48). The van der Waals surface area contributed by atoms with Crippen molar-refractivity contribution >= 4 is 108 Å². The summed E-state index contributed by atoms with van der Waals surface area (Å²) in [6.45, 7) is 0. The molecule has 2 aliphatic rings. The molecule has 0 spiro atoms. The van der Waals surface area contributed by atoms with Gasteiger partial charge in [0.25, 0.3) is 0 Å². The second kappa shape index (κ2) is 12.5. The van der Waals surface area contributed by atoms with Crippen LogP contribution in [0.25, 0.3) is 89.7 Å². The lowest BCUT2D eigenvalue weighted by atomic mass is 10.1. The summed E-state index contributed by atoms with van der Waals surface area (Å²) in [6.07, 6.45) is 0. The zero-order valence-corrected chi connectivity index (χ0v) is 33.8. The lowest BCUT2D eigenvalue weighted by Gasteiger charge is -2.07. The van der Waals surface area contributed by atoms with Crippen LogP contribution in [0.15, 0.2) is 66.4 Å². The van der Waals surface area contributed by atoms with Gasteiger partial charge in [0.05, 0.1) is 28.4 Å². The smallest absolute Gasteiger partial charge is 0.164 e. The summed E-state index contributed by atoms with van der Waals surface area (Å²) in [5.41, 5.74) is 5.18. The van der Waals surface area contributed by atoms with Crippen LogP contribution in [0.3, 0.4) is 0 Å². The molecule has 258 valence electrons. The first kappa shape index (κ1) is 33.2. The largest absolute Gasteiger partial charge is 0.493 e. The number of hydrogen-bond donors (Lipinski definition) is 2. The number of ether oxygens (including phenoxy) is 4. The van der Waals surface area contributed by atoms with Crippen molar-refractivity contribution in [1.29, 1.82) is 0 Å². The molecule has 12 nitrogen and oxygen atoms in total. The van der Waals surface area contributed by atoms with E-state index >= 15 is 0 Å². The molecule has 3 aromatic heterocycles. The first-order valence-corrected chi connectivity index (χ1v) is 18.7. The zero-order chi connectivity index (χ0) is 36.0. The third-order valence-corrected chi connectivity index (χ3v) is 12.6. The number of hydrogen-bond acceptors (Lipinski definition) is 10. The predicted molar refractivity (Wildman–Crippen MR) is 213 cm³/mol. The van der Waals surface area contributed by atoms with Crippen molar-refractivity contribution in [1.82, 2.24) is 39.9 Å². The molecule has 52 heavy (non-hydrogen) atoms. The van der Waals surface area contributed by atoms with Crippen molar-refractivity contribution in [2.45, 2.75) is 0 Å². The number of nitrogens with zero attached hydrogens (tertiary/aromatic N) is 6. The van der Waals surface area contributed by atoms with Crippen molar-refractivity contribution in [2.24, 2.45) is 0 Å². The fourth-order valence-corrected chi connectivity index (χ4v) is 7.80. The van der Waals surface area contributed by atoms with Gasteiger partial charge in [-0.3, -0.25) is 0 Å². The second-order valence-electron chi connectivity index (χ2n) is 11.7. The highest BCUT2D eigenvalue weighted by atomic mass is 79.9. The number of halogens is 4. The third-order valence-electron chi connectivity index (χ3n) is 8.92. The van der Waals surface area contributed by atoms with E-state index in [0.29, 0.717) is 68.9 Å². The lowest BCUT2D eigenvalue weighted by molar-refractivity contribution is 0.356. The van der Waals surface area contributed by atoms with Gasteiger partial charge in [0, 0.05) is 61.7 Å². The van der Waals surface area contributed by atoms with E-state index in [1.807, 2.05) is 48.5 Å². The monoisotopic (exact) mass is 946 g/mol. The maximum Gasteiger partial charge on any atom is 0.164 e. The Bertz CT molecular complexity index is 2500. The van der Waals surface area contributed by atoms with Crippen LogP contribution < -0.4 is 18.9 Å². The van der Waals surface area contributed by atoms with E-state index < -0.39 is 0 Å². The Kier molecular flexibility index (Phi) is 7.98. The molecule has 4 aromatic carbocycles. The number of H-pyrrole nitrogens is 2. The summed E-state index contributed by atoms with van der Waals surface area (Å²) < 4.78 is 26.1. The summed E-state index contributed by atoms with van der Waals surface area (Å²) in [6, 6.07) is 15.4. The molecule has 0 atom stereocenters. The van der Waals surface area contributed by atoms with Gasteiger partial charge in [0.15, 0.2) is 46.3 Å². The maximum atomic E-state index is 5.69. The first-order valence-electron chi connectivity index (χ1n) is 15.5. The highest BCUT2D eigenvalue weighted by Crippen LogP contribution is 2.43. The number of rotatable bonds is 4. The van der Waals surface area contributed by atoms with E-state index in [9.17, 15) is 0 Å². The van der Waals surface area contributed by atoms with Gasteiger partial charge < -0.3 is 28.9 Å². The Morgan fingerprint density at radius 2 is 0.596 bits per heavy atom. The van der Waals surface area contributed by atoms with Crippen molar-refractivity contribution in [3.05, 3.63) is 66.4 Å². The van der Waals surface area contributed by atoms with Crippen LogP contribution in [-0.2, 0) is 0 Å². The van der Waals surface area contributed by atoms with Crippen LogP contribution in [0.5, 0.6) is 23.0 Å². The number of benzene rings is 4. The molecule has 0 saturated carbocycles. The minimum atomic E-state index is 0.450. The van der Waals surface area contributed by atoms with Gasteiger partial charge in [-0.25, -0.2) is 29.9 Å². The molecule has 7 aromatic rings. The first-order chi connectivity index (χ1) is 25.2. The molecular formula is C36H22Br4N8O4. The molecule has 0 amide bonds. The normalized spacial score (nSPS) is 11.8. The average Bonchev–Trinajstić information content (AvgIpc) is 3.85. The van der Waals surface area contributed by atoms with E-state index in [0.717, 1.165) is 61.7 Å². The van der Waals surface area contributed by atoms with Gasteiger partial charge in [0.1, 0.15) is 22.6 Å². The Hall–Kier alpha value is -4.64. The highest BCUT2D eigenvalue weighted by Gasteiger charge is 2.25. The van der Waals surface area contributed by atoms with Gasteiger partial charge in [0.2, 0.25) is 0 Å². The molecular weight excluding hydrogens is 928 g/mol. The van der Waals surface area contributed by atoms with Crippen molar-refractivity contribution in [3.8, 4) is 68.5 Å². The lowest BCUT2D eigenvalue weighted by Crippen LogP contribution is -1.90. The van der Waals surface area contributed by atoms with E-state index in [1.165, 1.54) is 0 Å². The van der Waals surface area contributed by atoms with Gasteiger partial charge in [-0.2, -0.15) is 0 Å². The predicted octanol–water partition coefficient (Wildman–Crippen LogP) is 9.95. The second-order valence-corrected chi connectivity index (χ2v) is 15.2. The SMILES string of the molecule is COc1cc2c3nc4nc(nc5[nH]c(nc6nc(nc([nH]3)c2cc1OC)-c1cc(Br)c(Br)cc1-6)c1cc(OC)c(OC)cc51)-c1cc(Br)c(Br)cc1-4. The Morgan fingerprint density at radius 3 is 0.808 bits per heavy atom. The number of aromatic amines is 2. The molecule has 0 saturated heterocycles. The summed E-state index contributed by atoms with van der Waals surface area (Å²) in [5, 5.41) is 2.99. The molecule has 16 heteroatoms. The summed E-state index contributed by atoms with van der Waals surface area (Å²) >= 11 is 14.7. The average molecular weight is 950 g/mol. The minimum absolute atomic E-state index is 0.450. The van der Waals surface area contributed by atoms with E-state index in [4.69, 9.17) is 48.9 Å². The molecule has 2 aliphatic heterocycles. The van der Waals surface area contributed by atoms with Crippen LogP contribution in [0, 0.1) is 0 Å².